The summed E-state index contributed by atoms with van der Waals surface area (Å²) in [4.78, 5) is 14.9. The van der Waals surface area contributed by atoms with E-state index in [1.165, 1.54) is 0 Å². The van der Waals surface area contributed by atoms with Gasteiger partial charge in [0, 0.05) is 12.6 Å². The predicted molar refractivity (Wildman–Crippen MR) is 55.5 cm³/mol. The van der Waals surface area contributed by atoms with Gasteiger partial charge in [-0.2, -0.15) is 13.2 Å². The quantitative estimate of drug-likeness (QED) is 0.749. The summed E-state index contributed by atoms with van der Waals surface area (Å²) in [5.41, 5.74) is -0.237. The minimum Gasteiger partial charge on any atom is -0.293 e. The summed E-state index contributed by atoms with van der Waals surface area (Å²) in [6, 6.07) is 0. The minimum absolute atomic E-state index is 0.0715. The summed E-state index contributed by atoms with van der Waals surface area (Å²) in [6.45, 7) is 5.57. The van der Waals surface area contributed by atoms with Gasteiger partial charge < -0.3 is 0 Å². The van der Waals surface area contributed by atoms with Crippen molar-refractivity contribution in [2.75, 3.05) is 0 Å². The van der Waals surface area contributed by atoms with Crippen LogP contribution in [0.25, 0.3) is 0 Å². The Bertz CT molecular complexity index is 390. The van der Waals surface area contributed by atoms with Crippen LogP contribution in [0.1, 0.15) is 41.9 Å². The van der Waals surface area contributed by atoms with Gasteiger partial charge in [-0.15, -0.1) is 11.3 Å². The number of ketones is 1. The fraction of sp³-hybridized carbons (Fsp3) is 0.600. The molecule has 0 N–H and O–H groups in total. The second-order valence-electron chi connectivity index (χ2n) is 4.69. The lowest BCUT2D eigenvalue weighted by atomic mass is 9.90. The summed E-state index contributed by atoms with van der Waals surface area (Å²) >= 11 is 0.403. The molecular weight excluding hydrogens is 239 g/mol. The molecule has 0 radical (unpaired) electrons. The van der Waals surface area contributed by atoms with E-state index in [0.717, 1.165) is 6.20 Å². The monoisotopic (exact) mass is 251 g/mol. The Kier molecular flexibility index (Phi) is 3.42. The van der Waals surface area contributed by atoms with Crippen LogP contribution >= 0.6 is 11.3 Å². The van der Waals surface area contributed by atoms with Gasteiger partial charge in [0.25, 0.3) is 0 Å². The second-order valence-corrected chi connectivity index (χ2v) is 5.72. The molecule has 0 saturated heterocycles. The Balaban J connectivity index is 2.83. The predicted octanol–water partition coefficient (Wildman–Crippen LogP) is 3.78. The number of thiazole rings is 1. The maximum Gasteiger partial charge on any atom is 0.443 e. The highest BCUT2D eigenvalue weighted by atomic mass is 32.1. The van der Waals surface area contributed by atoms with E-state index >= 15 is 0 Å². The summed E-state index contributed by atoms with van der Waals surface area (Å²) in [7, 11) is 0. The van der Waals surface area contributed by atoms with E-state index in [9.17, 15) is 18.0 Å². The number of nitrogens with zero attached hydrogens (tertiary/aromatic N) is 1. The lowest BCUT2D eigenvalue weighted by Crippen LogP contribution is -2.12. The van der Waals surface area contributed by atoms with Crippen LogP contribution in [0.15, 0.2) is 6.20 Å². The van der Waals surface area contributed by atoms with E-state index < -0.39 is 11.2 Å². The van der Waals surface area contributed by atoms with Gasteiger partial charge in [-0.1, -0.05) is 20.8 Å². The average molecular weight is 251 g/mol. The maximum absolute atomic E-state index is 12.2. The molecule has 0 saturated carbocycles. The minimum atomic E-state index is -4.47. The Hall–Kier alpha value is -0.910. The molecule has 0 bridgehead atoms. The summed E-state index contributed by atoms with van der Waals surface area (Å²) in [6.07, 6.45) is -3.25. The normalized spacial score (nSPS) is 12.9. The van der Waals surface area contributed by atoms with Gasteiger partial charge in [0.2, 0.25) is 0 Å². The zero-order valence-corrected chi connectivity index (χ0v) is 10.00. The summed E-state index contributed by atoms with van der Waals surface area (Å²) < 4.78 is 36.7. The van der Waals surface area contributed by atoms with E-state index in [0.29, 0.717) is 11.3 Å². The molecule has 0 aliphatic rings. The van der Waals surface area contributed by atoms with Crippen LogP contribution in [0.2, 0.25) is 0 Å². The van der Waals surface area contributed by atoms with Gasteiger partial charge in [0.05, 0.1) is 4.88 Å². The third-order valence-electron chi connectivity index (χ3n) is 1.71. The Morgan fingerprint density at radius 1 is 1.38 bits per heavy atom. The molecule has 6 heteroatoms. The number of aromatic nitrogens is 1. The van der Waals surface area contributed by atoms with Crippen molar-refractivity contribution in [2.24, 2.45) is 5.41 Å². The van der Waals surface area contributed by atoms with E-state index in [1.54, 1.807) is 0 Å². The number of hydrogen-bond donors (Lipinski definition) is 0. The van der Waals surface area contributed by atoms with Crippen LogP contribution in [0.4, 0.5) is 13.2 Å². The lowest BCUT2D eigenvalue weighted by molar-refractivity contribution is -0.137. The first-order chi connectivity index (χ1) is 7.09. The van der Waals surface area contributed by atoms with Crippen LogP contribution in [0.3, 0.4) is 0 Å². The van der Waals surface area contributed by atoms with E-state index in [-0.39, 0.29) is 22.5 Å². The van der Waals surface area contributed by atoms with Crippen molar-refractivity contribution in [1.82, 2.24) is 4.98 Å². The number of halogens is 3. The molecule has 0 spiro atoms. The zero-order valence-electron chi connectivity index (χ0n) is 9.18. The molecule has 1 aromatic rings. The molecule has 0 aliphatic carbocycles. The molecule has 0 fully saturated rings. The van der Waals surface area contributed by atoms with Crippen molar-refractivity contribution in [3.8, 4) is 0 Å². The standard InChI is InChI=1S/C10H12F3NOS/c1-9(2,3)4-6(15)7-5-14-8(16-7)10(11,12)13/h5H,4H2,1-3H3. The zero-order chi connectivity index (χ0) is 12.6. The summed E-state index contributed by atoms with van der Waals surface area (Å²) in [5.74, 6) is -0.291. The Labute approximate surface area is 95.5 Å². The van der Waals surface area contributed by atoms with E-state index in [1.807, 2.05) is 20.8 Å². The molecule has 0 amide bonds. The fourth-order valence-corrected chi connectivity index (χ4v) is 1.82. The van der Waals surface area contributed by atoms with Crippen LogP contribution < -0.4 is 0 Å². The first-order valence-corrected chi connectivity index (χ1v) is 5.47. The van der Waals surface area contributed by atoms with Crippen molar-refractivity contribution < 1.29 is 18.0 Å². The number of carbonyl (C=O) groups is 1. The lowest BCUT2D eigenvalue weighted by Gasteiger charge is -2.15. The third kappa shape index (κ3) is 3.59. The molecule has 0 aromatic carbocycles. The topological polar surface area (TPSA) is 30.0 Å². The fourth-order valence-electron chi connectivity index (χ4n) is 1.10. The molecular formula is C10H12F3NOS. The van der Waals surface area contributed by atoms with Crippen molar-refractivity contribution in [3.05, 3.63) is 16.1 Å². The number of hydrogen-bond acceptors (Lipinski definition) is 3. The number of Topliss-reactive ketones (excluding diaryl/α,β-unsaturated/α-hetero) is 1. The molecule has 90 valence electrons. The average Bonchev–Trinajstić information content (AvgIpc) is 2.46. The van der Waals surface area contributed by atoms with Crippen molar-refractivity contribution in [3.63, 3.8) is 0 Å². The molecule has 0 atom stereocenters. The number of rotatable bonds is 2. The van der Waals surface area contributed by atoms with Crippen LogP contribution in [-0.2, 0) is 6.18 Å². The smallest absolute Gasteiger partial charge is 0.293 e. The van der Waals surface area contributed by atoms with Gasteiger partial charge >= 0.3 is 6.18 Å². The van der Waals surface area contributed by atoms with Crippen LogP contribution in [0.5, 0.6) is 0 Å². The molecule has 1 aromatic heterocycles. The molecule has 0 aliphatic heterocycles. The summed E-state index contributed by atoms with van der Waals surface area (Å²) in [5, 5.41) is -0.968. The van der Waals surface area contributed by atoms with Crippen LogP contribution in [0, 0.1) is 5.41 Å². The van der Waals surface area contributed by atoms with Crippen LogP contribution in [-0.4, -0.2) is 10.8 Å². The van der Waals surface area contributed by atoms with Crippen molar-refractivity contribution in [1.29, 1.82) is 0 Å². The highest BCUT2D eigenvalue weighted by Crippen LogP contribution is 2.33. The van der Waals surface area contributed by atoms with Gasteiger partial charge in [-0.05, 0) is 5.41 Å². The first kappa shape index (κ1) is 13.2. The Morgan fingerprint density at radius 2 is 1.94 bits per heavy atom. The SMILES string of the molecule is CC(C)(C)CC(=O)c1cnc(C(F)(F)F)s1. The Morgan fingerprint density at radius 3 is 2.31 bits per heavy atom. The van der Waals surface area contributed by atoms with Gasteiger partial charge in [-0.3, -0.25) is 4.79 Å². The molecule has 1 rings (SSSR count). The maximum atomic E-state index is 12.2. The molecule has 16 heavy (non-hydrogen) atoms. The highest BCUT2D eigenvalue weighted by Gasteiger charge is 2.35. The molecule has 1 heterocycles. The largest absolute Gasteiger partial charge is 0.443 e. The van der Waals surface area contributed by atoms with Gasteiger partial charge in [0.15, 0.2) is 10.8 Å². The second kappa shape index (κ2) is 4.16. The van der Waals surface area contributed by atoms with Crippen molar-refractivity contribution in [2.45, 2.75) is 33.4 Å². The van der Waals surface area contributed by atoms with E-state index in [2.05, 4.69) is 4.98 Å². The molecule has 2 nitrogen and oxygen atoms in total. The first-order valence-electron chi connectivity index (χ1n) is 4.66. The highest BCUT2D eigenvalue weighted by molar-refractivity contribution is 7.13. The third-order valence-corrected chi connectivity index (χ3v) is 2.80. The number of alkyl halides is 3. The van der Waals surface area contributed by atoms with Gasteiger partial charge in [0.1, 0.15) is 0 Å². The molecule has 0 unspecified atom stereocenters. The van der Waals surface area contributed by atoms with Gasteiger partial charge in [-0.25, -0.2) is 4.98 Å². The van der Waals surface area contributed by atoms with Crippen molar-refractivity contribution >= 4 is 17.1 Å². The van der Waals surface area contributed by atoms with E-state index in [4.69, 9.17) is 0 Å². The number of carbonyl (C=O) groups excluding carboxylic acids is 1.